The Hall–Kier alpha value is -0.500. The van der Waals surface area contributed by atoms with Crippen LogP contribution in [-0.4, -0.2) is 25.2 Å². The van der Waals surface area contributed by atoms with Gasteiger partial charge in [-0.2, -0.15) is 0 Å². The molecule has 6 heteroatoms. The summed E-state index contributed by atoms with van der Waals surface area (Å²) >= 11 is 3.26. The van der Waals surface area contributed by atoms with Crippen molar-refractivity contribution < 1.29 is 5.11 Å². The van der Waals surface area contributed by atoms with Crippen LogP contribution in [-0.2, 0) is 6.54 Å². The van der Waals surface area contributed by atoms with E-state index in [0.29, 0.717) is 11.0 Å². The summed E-state index contributed by atoms with van der Waals surface area (Å²) < 4.78 is 0.696. The number of nitrogens with one attached hydrogen (secondary N) is 2. The molecule has 0 aliphatic rings. The number of phenols is 1. The number of phenolic OH excluding ortho intramolecular Hbond substituents is 1. The predicted octanol–water partition coefficient (Wildman–Crippen LogP) is 2.07. The second-order valence-corrected chi connectivity index (χ2v) is 3.82. The quantitative estimate of drug-likeness (QED) is 0.405. The van der Waals surface area contributed by atoms with Gasteiger partial charge in [0.05, 0.1) is 4.47 Å². The van der Waals surface area contributed by atoms with Crippen LogP contribution >= 0.6 is 39.9 Å². The molecule has 0 heterocycles. The molecule has 0 unspecified atom stereocenters. The molecule has 1 rings (SSSR count). The summed E-state index contributed by atoms with van der Waals surface area (Å²) in [6.07, 6.45) is 0. The standard InChI is InChI=1S/C10H14BrN3O.HI/c1-12-10(13-2)14-6-7-3-4-9(15)8(11)5-7;/h3-5,15H,6H2,1-2H3,(H2,12,13,14);1H. The van der Waals surface area contributed by atoms with E-state index in [1.165, 1.54) is 0 Å². The molecule has 0 amide bonds. The number of hydrogen-bond donors (Lipinski definition) is 3. The molecule has 1 aromatic carbocycles. The normalized spacial score (nSPS) is 10.6. The number of aliphatic imine (C=N–C) groups is 1. The van der Waals surface area contributed by atoms with Crippen LogP contribution in [0.4, 0.5) is 0 Å². The van der Waals surface area contributed by atoms with E-state index in [1.54, 1.807) is 13.1 Å². The number of halogens is 2. The Morgan fingerprint density at radius 2 is 2.19 bits per heavy atom. The molecule has 16 heavy (non-hydrogen) atoms. The van der Waals surface area contributed by atoms with Crippen LogP contribution in [0.2, 0.25) is 0 Å². The van der Waals surface area contributed by atoms with E-state index in [2.05, 4.69) is 31.6 Å². The number of guanidine groups is 1. The van der Waals surface area contributed by atoms with Crippen LogP contribution in [0.25, 0.3) is 0 Å². The molecular formula is C10H15BrIN3O. The fourth-order valence-electron chi connectivity index (χ4n) is 1.13. The van der Waals surface area contributed by atoms with Crippen molar-refractivity contribution in [3.63, 3.8) is 0 Å². The molecule has 0 atom stereocenters. The zero-order valence-corrected chi connectivity index (χ0v) is 13.0. The molecule has 0 fully saturated rings. The molecule has 0 saturated carbocycles. The lowest BCUT2D eigenvalue weighted by Gasteiger charge is -2.08. The van der Waals surface area contributed by atoms with E-state index in [0.717, 1.165) is 11.5 Å². The molecule has 90 valence electrons. The van der Waals surface area contributed by atoms with Gasteiger partial charge < -0.3 is 15.7 Å². The van der Waals surface area contributed by atoms with E-state index in [1.807, 2.05) is 19.2 Å². The molecule has 0 bridgehead atoms. The summed E-state index contributed by atoms with van der Waals surface area (Å²) in [7, 11) is 3.52. The lowest BCUT2D eigenvalue weighted by atomic mass is 10.2. The average Bonchev–Trinajstić information content (AvgIpc) is 2.24. The first kappa shape index (κ1) is 15.5. The first-order valence-corrected chi connectivity index (χ1v) is 5.32. The summed E-state index contributed by atoms with van der Waals surface area (Å²) in [5.74, 6) is 0.982. The van der Waals surface area contributed by atoms with Gasteiger partial charge in [-0.15, -0.1) is 24.0 Å². The number of benzene rings is 1. The van der Waals surface area contributed by atoms with Gasteiger partial charge in [-0.1, -0.05) is 6.07 Å². The van der Waals surface area contributed by atoms with Crippen LogP contribution in [0.3, 0.4) is 0 Å². The Labute approximate surface area is 121 Å². The van der Waals surface area contributed by atoms with Crippen molar-refractivity contribution in [1.82, 2.24) is 10.6 Å². The molecular weight excluding hydrogens is 385 g/mol. The van der Waals surface area contributed by atoms with Crippen molar-refractivity contribution in [1.29, 1.82) is 0 Å². The van der Waals surface area contributed by atoms with Crippen molar-refractivity contribution >= 4 is 45.9 Å². The Kier molecular flexibility index (Phi) is 7.48. The third-order valence-electron chi connectivity index (χ3n) is 1.93. The van der Waals surface area contributed by atoms with E-state index in [9.17, 15) is 5.11 Å². The molecule has 0 aliphatic carbocycles. The summed E-state index contributed by atoms with van der Waals surface area (Å²) in [6.45, 7) is 0.659. The van der Waals surface area contributed by atoms with Crippen molar-refractivity contribution in [3.05, 3.63) is 28.2 Å². The van der Waals surface area contributed by atoms with Crippen LogP contribution in [0.15, 0.2) is 27.7 Å². The van der Waals surface area contributed by atoms with Crippen molar-refractivity contribution in [2.75, 3.05) is 14.1 Å². The third kappa shape index (κ3) is 4.56. The van der Waals surface area contributed by atoms with Gasteiger partial charge in [0.2, 0.25) is 0 Å². The second-order valence-electron chi connectivity index (χ2n) is 2.96. The van der Waals surface area contributed by atoms with E-state index < -0.39 is 0 Å². The predicted molar refractivity (Wildman–Crippen MR) is 80.5 cm³/mol. The molecule has 0 aromatic heterocycles. The Morgan fingerprint density at radius 3 is 2.69 bits per heavy atom. The van der Waals surface area contributed by atoms with Gasteiger partial charge in [-0.25, -0.2) is 0 Å². The highest BCUT2D eigenvalue weighted by molar-refractivity contribution is 14.0. The third-order valence-corrected chi connectivity index (χ3v) is 2.57. The summed E-state index contributed by atoms with van der Waals surface area (Å²) in [5, 5.41) is 15.4. The summed E-state index contributed by atoms with van der Waals surface area (Å²) in [5.41, 5.74) is 1.07. The molecule has 3 N–H and O–H groups in total. The fraction of sp³-hybridized carbons (Fsp3) is 0.300. The summed E-state index contributed by atoms with van der Waals surface area (Å²) in [4.78, 5) is 3.99. The molecule has 0 spiro atoms. The van der Waals surface area contributed by atoms with Gasteiger partial charge >= 0.3 is 0 Å². The Bertz CT molecular complexity index is 371. The van der Waals surface area contributed by atoms with Crippen molar-refractivity contribution in [2.24, 2.45) is 4.99 Å². The topological polar surface area (TPSA) is 56.7 Å². The molecule has 0 saturated heterocycles. The lowest BCUT2D eigenvalue weighted by Crippen LogP contribution is -2.34. The minimum Gasteiger partial charge on any atom is -0.507 e. The SMILES string of the molecule is CN=C(NC)NCc1ccc(O)c(Br)c1.I. The largest absolute Gasteiger partial charge is 0.507 e. The lowest BCUT2D eigenvalue weighted by molar-refractivity contribution is 0.471. The minimum absolute atomic E-state index is 0. The van der Waals surface area contributed by atoms with Crippen LogP contribution in [0.1, 0.15) is 5.56 Å². The molecule has 0 aliphatic heterocycles. The van der Waals surface area contributed by atoms with Crippen LogP contribution < -0.4 is 10.6 Å². The minimum atomic E-state index is 0. The number of hydrogen-bond acceptors (Lipinski definition) is 2. The first-order valence-electron chi connectivity index (χ1n) is 4.53. The van der Waals surface area contributed by atoms with E-state index >= 15 is 0 Å². The average molecular weight is 400 g/mol. The summed E-state index contributed by atoms with van der Waals surface area (Å²) in [6, 6.07) is 5.38. The van der Waals surface area contributed by atoms with Gasteiger partial charge in [0.15, 0.2) is 5.96 Å². The first-order chi connectivity index (χ1) is 7.17. The Balaban J connectivity index is 0.00000225. The van der Waals surface area contributed by atoms with Crippen molar-refractivity contribution in [3.8, 4) is 5.75 Å². The van der Waals surface area contributed by atoms with Crippen LogP contribution in [0.5, 0.6) is 5.75 Å². The maximum absolute atomic E-state index is 9.31. The fourth-order valence-corrected chi connectivity index (χ4v) is 1.55. The smallest absolute Gasteiger partial charge is 0.190 e. The second kappa shape index (κ2) is 7.72. The highest BCUT2D eigenvalue weighted by atomic mass is 127. The number of aromatic hydroxyl groups is 1. The van der Waals surface area contributed by atoms with Gasteiger partial charge in [-0.3, -0.25) is 4.99 Å². The zero-order valence-electron chi connectivity index (χ0n) is 9.12. The Morgan fingerprint density at radius 1 is 1.50 bits per heavy atom. The van der Waals surface area contributed by atoms with Gasteiger partial charge in [-0.05, 0) is 33.6 Å². The van der Waals surface area contributed by atoms with E-state index in [-0.39, 0.29) is 29.7 Å². The highest BCUT2D eigenvalue weighted by Crippen LogP contribution is 2.23. The number of rotatable bonds is 2. The maximum atomic E-state index is 9.31. The zero-order chi connectivity index (χ0) is 11.3. The number of nitrogens with zero attached hydrogens (tertiary/aromatic N) is 1. The molecule has 0 radical (unpaired) electrons. The van der Waals surface area contributed by atoms with Gasteiger partial charge in [0.25, 0.3) is 0 Å². The van der Waals surface area contributed by atoms with Gasteiger partial charge in [0, 0.05) is 20.6 Å². The van der Waals surface area contributed by atoms with Gasteiger partial charge in [0.1, 0.15) is 5.75 Å². The van der Waals surface area contributed by atoms with Crippen LogP contribution in [0, 0.1) is 0 Å². The molecule has 4 nitrogen and oxygen atoms in total. The van der Waals surface area contributed by atoms with Crippen molar-refractivity contribution in [2.45, 2.75) is 6.54 Å². The maximum Gasteiger partial charge on any atom is 0.190 e. The highest BCUT2D eigenvalue weighted by Gasteiger charge is 2.00. The molecule has 1 aromatic rings. The van der Waals surface area contributed by atoms with E-state index in [4.69, 9.17) is 0 Å². The monoisotopic (exact) mass is 399 g/mol.